The molecule has 0 amide bonds. The van der Waals surface area contributed by atoms with Crippen LogP contribution in [0.25, 0.3) is 0 Å². The highest BCUT2D eigenvalue weighted by Crippen LogP contribution is 2.31. The fourth-order valence-corrected chi connectivity index (χ4v) is 1.52. The summed E-state index contributed by atoms with van der Waals surface area (Å²) >= 11 is 0. The summed E-state index contributed by atoms with van der Waals surface area (Å²) in [5, 5.41) is 0. The number of hydrogen-bond acceptors (Lipinski definition) is 4. The van der Waals surface area contributed by atoms with Crippen LogP contribution in [0.2, 0.25) is 0 Å². The summed E-state index contributed by atoms with van der Waals surface area (Å²) in [6, 6.07) is 3.96. The normalized spacial score (nSPS) is 26.4. The number of hydrogen-bond donors (Lipinski definition) is 0. The maximum atomic E-state index is 5.60. The molecule has 0 aliphatic carbocycles. The molecule has 1 aromatic rings. The van der Waals surface area contributed by atoms with Crippen molar-refractivity contribution in [3.05, 3.63) is 23.3 Å². The average molecular weight is 222 g/mol. The van der Waals surface area contributed by atoms with E-state index in [4.69, 9.17) is 18.9 Å². The van der Waals surface area contributed by atoms with Crippen LogP contribution in [0, 0.1) is 13.8 Å². The Bertz CT molecular complexity index is 368. The van der Waals surface area contributed by atoms with E-state index in [-0.39, 0.29) is 12.6 Å². The van der Waals surface area contributed by atoms with Crippen molar-refractivity contribution < 1.29 is 18.9 Å². The van der Waals surface area contributed by atoms with Crippen molar-refractivity contribution in [3.8, 4) is 11.5 Å². The summed E-state index contributed by atoms with van der Waals surface area (Å²) in [6.45, 7) is 5.37. The van der Waals surface area contributed by atoms with Crippen LogP contribution in [0.1, 0.15) is 11.1 Å². The Morgan fingerprint density at radius 1 is 0.938 bits per heavy atom. The molecule has 3 rings (SSSR count). The number of aryl methyl sites for hydroxylation is 2. The molecule has 2 aliphatic rings. The summed E-state index contributed by atoms with van der Waals surface area (Å²) in [4.78, 5) is 0. The first-order chi connectivity index (χ1) is 7.72. The van der Waals surface area contributed by atoms with Gasteiger partial charge in [-0.05, 0) is 37.1 Å². The SMILES string of the molecule is Cc1cc(OC2CO2)c(C)cc1OC1CO1. The third-order valence-electron chi connectivity index (χ3n) is 2.59. The second-order valence-electron chi connectivity index (χ2n) is 4.14. The van der Waals surface area contributed by atoms with Crippen LogP contribution in [0.4, 0.5) is 0 Å². The van der Waals surface area contributed by atoms with Crippen LogP contribution in [-0.4, -0.2) is 25.8 Å². The zero-order valence-corrected chi connectivity index (χ0v) is 9.36. The summed E-state index contributed by atoms with van der Waals surface area (Å²) in [5.41, 5.74) is 2.11. The minimum absolute atomic E-state index is 0.0587. The van der Waals surface area contributed by atoms with Gasteiger partial charge in [0.05, 0.1) is 0 Å². The molecule has 0 radical (unpaired) electrons. The summed E-state index contributed by atoms with van der Waals surface area (Å²) in [7, 11) is 0. The molecule has 2 fully saturated rings. The van der Waals surface area contributed by atoms with Crippen LogP contribution in [0.3, 0.4) is 0 Å². The molecule has 86 valence electrons. The van der Waals surface area contributed by atoms with Crippen LogP contribution in [0.5, 0.6) is 11.5 Å². The number of epoxide rings is 2. The topological polar surface area (TPSA) is 43.5 Å². The standard InChI is InChI=1S/C12H14O4/c1-7-3-10(16-12-6-14-12)8(2)4-9(7)15-11-5-13-11/h3-4,11-12H,5-6H2,1-2H3. The largest absolute Gasteiger partial charge is 0.462 e. The van der Waals surface area contributed by atoms with E-state index in [1.807, 2.05) is 26.0 Å². The molecule has 1 aromatic carbocycles. The maximum absolute atomic E-state index is 5.60. The van der Waals surface area contributed by atoms with Gasteiger partial charge >= 0.3 is 0 Å². The van der Waals surface area contributed by atoms with Gasteiger partial charge in [0.1, 0.15) is 24.7 Å². The molecule has 0 bridgehead atoms. The van der Waals surface area contributed by atoms with E-state index in [9.17, 15) is 0 Å². The van der Waals surface area contributed by atoms with E-state index in [0.29, 0.717) is 13.2 Å². The Labute approximate surface area is 94.1 Å². The van der Waals surface area contributed by atoms with Crippen LogP contribution < -0.4 is 9.47 Å². The van der Waals surface area contributed by atoms with Gasteiger partial charge in [-0.15, -0.1) is 0 Å². The number of benzene rings is 1. The van der Waals surface area contributed by atoms with E-state index in [0.717, 1.165) is 22.6 Å². The van der Waals surface area contributed by atoms with Gasteiger partial charge in [-0.1, -0.05) is 0 Å². The molecule has 4 heteroatoms. The second-order valence-corrected chi connectivity index (χ2v) is 4.14. The molecule has 0 saturated carbocycles. The van der Waals surface area contributed by atoms with Crippen molar-refractivity contribution in [1.29, 1.82) is 0 Å². The highest BCUT2D eigenvalue weighted by Gasteiger charge is 2.27. The van der Waals surface area contributed by atoms with Gasteiger partial charge < -0.3 is 18.9 Å². The van der Waals surface area contributed by atoms with Crippen molar-refractivity contribution in [2.24, 2.45) is 0 Å². The lowest BCUT2D eigenvalue weighted by molar-refractivity contribution is 0.172. The van der Waals surface area contributed by atoms with Crippen molar-refractivity contribution in [2.45, 2.75) is 26.4 Å². The van der Waals surface area contributed by atoms with Crippen LogP contribution in [-0.2, 0) is 9.47 Å². The Balaban J connectivity index is 1.81. The summed E-state index contributed by atoms with van der Waals surface area (Å²) in [5.74, 6) is 1.73. The molecule has 0 N–H and O–H groups in total. The minimum atomic E-state index is -0.0587. The van der Waals surface area contributed by atoms with E-state index in [1.165, 1.54) is 0 Å². The molecule has 2 atom stereocenters. The van der Waals surface area contributed by atoms with Gasteiger partial charge in [0, 0.05) is 0 Å². The molecule has 2 aliphatic heterocycles. The van der Waals surface area contributed by atoms with E-state index in [1.54, 1.807) is 0 Å². The third-order valence-corrected chi connectivity index (χ3v) is 2.59. The smallest absolute Gasteiger partial charge is 0.223 e. The average Bonchev–Trinajstić information content (AvgIpc) is 3.08. The molecule has 2 saturated heterocycles. The van der Waals surface area contributed by atoms with Gasteiger partial charge in [0.25, 0.3) is 0 Å². The molecular weight excluding hydrogens is 208 g/mol. The molecule has 2 unspecified atom stereocenters. The lowest BCUT2D eigenvalue weighted by Gasteiger charge is -2.12. The predicted octanol–water partition coefficient (Wildman–Crippen LogP) is 1.77. The minimum Gasteiger partial charge on any atom is -0.462 e. The van der Waals surface area contributed by atoms with E-state index < -0.39 is 0 Å². The molecular formula is C12H14O4. The molecule has 2 heterocycles. The number of ether oxygens (including phenoxy) is 4. The van der Waals surface area contributed by atoms with Crippen LogP contribution in [0.15, 0.2) is 12.1 Å². The summed E-state index contributed by atoms with van der Waals surface area (Å²) < 4.78 is 21.3. The maximum Gasteiger partial charge on any atom is 0.223 e. The van der Waals surface area contributed by atoms with Gasteiger partial charge in [-0.2, -0.15) is 0 Å². The first-order valence-electron chi connectivity index (χ1n) is 5.40. The highest BCUT2D eigenvalue weighted by atomic mass is 16.8. The molecule has 0 spiro atoms. The van der Waals surface area contributed by atoms with Gasteiger partial charge in [-0.25, -0.2) is 0 Å². The first kappa shape index (κ1) is 9.93. The lowest BCUT2D eigenvalue weighted by Crippen LogP contribution is -2.03. The Morgan fingerprint density at radius 2 is 1.31 bits per heavy atom. The van der Waals surface area contributed by atoms with Gasteiger partial charge in [0.15, 0.2) is 0 Å². The fraction of sp³-hybridized carbons (Fsp3) is 0.500. The monoisotopic (exact) mass is 222 g/mol. The first-order valence-corrected chi connectivity index (χ1v) is 5.40. The Morgan fingerprint density at radius 3 is 1.62 bits per heavy atom. The summed E-state index contributed by atoms with van der Waals surface area (Å²) in [6.07, 6.45) is -0.117. The lowest BCUT2D eigenvalue weighted by atomic mass is 10.1. The molecule has 16 heavy (non-hydrogen) atoms. The van der Waals surface area contributed by atoms with Gasteiger partial charge in [-0.3, -0.25) is 0 Å². The van der Waals surface area contributed by atoms with E-state index in [2.05, 4.69) is 0 Å². The van der Waals surface area contributed by atoms with Crippen molar-refractivity contribution in [2.75, 3.05) is 13.2 Å². The Kier molecular flexibility index (Phi) is 2.26. The third kappa shape index (κ3) is 2.13. The molecule has 4 nitrogen and oxygen atoms in total. The second kappa shape index (κ2) is 3.64. The van der Waals surface area contributed by atoms with Crippen molar-refractivity contribution >= 4 is 0 Å². The fourth-order valence-electron chi connectivity index (χ4n) is 1.52. The quantitative estimate of drug-likeness (QED) is 0.728. The molecule has 0 aromatic heterocycles. The number of rotatable bonds is 4. The van der Waals surface area contributed by atoms with Crippen molar-refractivity contribution in [1.82, 2.24) is 0 Å². The Hall–Kier alpha value is -1.26. The van der Waals surface area contributed by atoms with Crippen LogP contribution >= 0.6 is 0 Å². The predicted molar refractivity (Wildman–Crippen MR) is 56.7 cm³/mol. The van der Waals surface area contributed by atoms with E-state index >= 15 is 0 Å². The van der Waals surface area contributed by atoms with Gasteiger partial charge in [0.2, 0.25) is 12.6 Å². The van der Waals surface area contributed by atoms with Crippen molar-refractivity contribution in [3.63, 3.8) is 0 Å². The highest BCUT2D eigenvalue weighted by molar-refractivity contribution is 5.45. The zero-order chi connectivity index (χ0) is 11.1. The zero-order valence-electron chi connectivity index (χ0n) is 9.36.